The van der Waals surface area contributed by atoms with Crippen molar-refractivity contribution < 1.29 is 9.18 Å². The van der Waals surface area contributed by atoms with E-state index in [0.29, 0.717) is 17.8 Å². The first-order valence-corrected chi connectivity index (χ1v) is 6.16. The Morgan fingerprint density at radius 2 is 2.22 bits per heavy atom. The van der Waals surface area contributed by atoms with Gasteiger partial charge in [-0.2, -0.15) is 0 Å². The molecule has 3 nitrogen and oxygen atoms in total. The number of aromatic amines is 1. The van der Waals surface area contributed by atoms with Gasteiger partial charge in [-0.15, -0.1) is 0 Å². The molecular formula is C14H17FN2O. The summed E-state index contributed by atoms with van der Waals surface area (Å²) >= 11 is 0. The third kappa shape index (κ3) is 2.37. The van der Waals surface area contributed by atoms with E-state index in [0.717, 1.165) is 18.2 Å². The Bertz CT molecular complexity index is 562. The largest absolute Gasteiger partial charge is 0.348 e. The molecule has 4 heteroatoms. The summed E-state index contributed by atoms with van der Waals surface area (Å²) < 4.78 is 13.5. The molecule has 0 aliphatic carbocycles. The lowest BCUT2D eigenvalue weighted by Crippen LogP contribution is -2.27. The van der Waals surface area contributed by atoms with Crippen LogP contribution in [0.15, 0.2) is 24.3 Å². The lowest BCUT2D eigenvalue weighted by atomic mass is 10.2. The number of nitrogens with one attached hydrogen (secondary N) is 1. The summed E-state index contributed by atoms with van der Waals surface area (Å²) in [5, 5.41) is 0.724. The quantitative estimate of drug-likeness (QED) is 0.886. The third-order valence-electron chi connectivity index (χ3n) is 3.03. The van der Waals surface area contributed by atoms with Crippen molar-refractivity contribution in [2.75, 3.05) is 13.6 Å². The molecule has 0 bridgehead atoms. The van der Waals surface area contributed by atoms with Gasteiger partial charge in [0.05, 0.1) is 5.52 Å². The highest BCUT2D eigenvalue weighted by Crippen LogP contribution is 2.19. The van der Waals surface area contributed by atoms with Crippen LogP contribution < -0.4 is 0 Å². The fraction of sp³-hybridized carbons (Fsp3) is 0.357. The molecule has 1 amide bonds. The molecular weight excluding hydrogens is 231 g/mol. The van der Waals surface area contributed by atoms with E-state index in [1.807, 2.05) is 0 Å². The average molecular weight is 248 g/mol. The first-order chi connectivity index (χ1) is 8.63. The van der Waals surface area contributed by atoms with Gasteiger partial charge in [0.1, 0.15) is 11.5 Å². The number of hydrogen-bond donors (Lipinski definition) is 1. The molecule has 1 aromatic heterocycles. The highest BCUT2D eigenvalue weighted by Gasteiger charge is 2.14. The van der Waals surface area contributed by atoms with Crippen LogP contribution in [0.1, 0.15) is 30.3 Å². The van der Waals surface area contributed by atoms with Crippen molar-refractivity contribution in [3.63, 3.8) is 0 Å². The summed E-state index contributed by atoms with van der Waals surface area (Å²) in [6, 6.07) is 6.51. The maximum Gasteiger partial charge on any atom is 0.270 e. The predicted molar refractivity (Wildman–Crippen MR) is 70.1 cm³/mol. The van der Waals surface area contributed by atoms with Crippen LogP contribution in [0.2, 0.25) is 0 Å². The number of fused-ring (bicyclic) bond motifs is 1. The van der Waals surface area contributed by atoms with Gasteiger partial charge in [0, 0.05) is 19.0 Å². The zero-order valence-electron chi connectivity index (χ0n) is 10.7. The molecule has 1 heterocycles. The van der Waals surface area contributed by atoms with Crippen LogP contribution >= 0.6 is 0 Å². The topological polar surface area (TPSA) is 36.1 Å². The summed E-state index contributed by atoms with van der Waals surface area (Å²) in [6.07, 6.45) is 2.01. The standard InChI is InChI=1S/C14H17FN2O/c1-3-4-8-17(2)14(18)12-9-10-6-5-7-11(15)13(10)16-12/h5-7,9,16H,3-4,8H2,1-2H3. The number of benzene rings is 1. The van der Waals surface area contributed by atoms with Gasteiger partial charge in [0.15, 0.2) is 0 Å². The van der Waals surface area contributed by atoms with E-state index in [1.54, 1.807) is 30.1 Å². The molecule has 0 spiro atoms. The number of rotatable bonds is 4. The Kier molecular flexibility index (Phi) is 3.65. The average Bonchev–Trinajstić information content (AvgIpc) is 2.80. The molecule has 0 saturated carbocycles. The Labute approximate surface area is 106 Å². The van der Waals surface area contributed by atoms with Crippen molar-refractivity contribution in [2.45, 2.75) is 19.8 Å². The van der Waals surface area contributed by atoms with E-state index in [1.165, 1.54) is 6.07 Å². The van der Waals surface area contributed by atoms with Crippen molar-refractivity contribution >= 4 is 16.8 Å². The molecule has 0 saturated heterocycles. The van der Waals surface area contributed by atoms with Crippen LogP contribution in [-0.2, 0) is 0 Å². The van der Waals surface area contributed by atoms with Crippen LogP contribution in [0.25, 0.3) is 10.9 Å². The van der Waals surface area contributed by atoms with Gasteiger partial charge in [-0.3, -0.25) is 4.79 Å². The maximum absolute atomic E-state index is 13.5. The smallest absolute Gasteiger partial charge is 0.270 e. The zero-order valence-corrected chi connectivity index (χ0v) is 10.7. The van der Waals surface area contributed by atoms with Gasteiger partial charge >= 0.3 is 0 Å². The normalized spacial score (nSPS) is 10.8. The molecule has 0 aliphatic heterocycles. The zero-order chi connectivity index (χ0) is 13.1. The Balaban J connectivity index is 2.25. The summed E-state index contributed by atoms with van der Waals surface area (Å²) in [5.74, 6) is -0.429. The van der Waals surface area contributed by atoms with Crippen molar-refractivity contribution in [1.82, 2.24) is 9.88 Å². The fourth-order valence-electron chi connectivity index (χ4n) is 1.94. The molecule has 0 fully saturated rings. The molecule has 1 N–H and O–H groups in total. The third-order valence-corrected chi connectivity index (χ3v) is 3.03. The Morgan fingerprint density at radius 3 is 2.89 bits per heavy atom. The second-order valence-electron chi connectivity index (χ2n) is 4.47. The SMILES string of the molecule is CCCCN(C)C(=O)c1cc2cccc(F)c2[nH]1. The van der Waals surface area contributed by atoms with E-state index in [2.05, 4.69) is 11.9 Å². The number of carbonyl (C=O) groups is 1. The van der Waals surface area contributed by atoms with Gasteiger partial charge in [0.25, 0.3) is 5.91 Å². The van der Waals surface area contributed by atoms with Crippen molar-refractivity contribution in [3.05, 3.63) is 35.8 Å². The first-order valence-electron chi connectivity index (χ1n) is 6.16. The van der Waals surface area contributed by atoms with E-state index in [4.69, 9.17) is 0 Å². The molecule has 0 aliphatic rings. The van der Waals surface area contributed by atoms with E-state index < -0.39 is 0 Å². The van der Waals surface area contributed by atoms with Gasteiger partial charge in [-0.05, 0) is 18.6 Å². The number of amides is 1. The molecule has 2 rings (SSSR count). The number of unbranched alkanes of at least 4 members (excludes halogenated alkanes) is 1. The highest BCUT2D eigenvalue weighted by molar-refractivity contribution is 5.98. The van der Waals surface area contributed by atoms with Crippen molar-refractivity contribution in [1.29, 1.82) is 0 Å². The van der Waals surface area contributed by atoms with Crippen molar-refractivity contribution in [2.24, 2.45) is 0 Å². The first kappa shape index (κ1) is 12.6. The Hall–Kier alpha value is -1.84. The number of H-pyrrole nitrogens is 1. The summed E-state index contributed by atoms with van der Waals surface area (Å²) in [4.78, 5) is 16.6. The van der Waals surface area contributed by atoms with Crippen LogP contribution in [0.5, 0.6) is 0 Å². The van der Waals surface area contributed by atoms with Gasteiger partial charge in [-0.25, -0.2) is 4.39 Å². The minimum absolute atomic E-state index is 0.0981. The summed E-state index contributed by atoms with van der Waals surface area (Å²) in [7, 11) is 1.76. The monoisotopic (exact) mass is 248 g/mol. The minimum atomic E-state index is -0.331. The Morgan fingerprint density at radius 1 is 1.44 bits per heavy atom. The lowest BCUT2D eigenvalue weighted by molar-refractivity contribution is 0.0788. The molecule has 0 radical (unpaired) electrons. The molecule has 1 aromatic carbocycles. The second-order valence-corrected chi connectivity index (χ2v) is 4.47. The minimum Gasteiger partial charge on any atom is -0.348 e. The molecule has 2 aromatic rings. The van der Waals surface area contributed by atoms with Crippen LogP contribution in [0.3, 0.4) is 0 Å². The molecule has 0 atom stereocenters. The van der Waals surface area contributed by atoms with E-state index >= 15 is 0 Å². The number of para-hydroxylation sites is 1. The molecule has 18 heavy (non-hydrogen) atoms. The number of aromatic nitrogens is 1. The van der Waals surface area contributed by atoms with Crippen LogP contribution in [0, 0.1) is 5.82 Å². The summed E-state index contributed by atoms with van der Waals surface area (Å²) in [6.45, 7) is 2.80. The number of halogens is 1. The highest BCUT2D eigenvalue weighted by atomic mass is 19.1. The van der Waals surface area contributed by atoms with Crippen LogP contribution in [0.4, 0.5) is 4.39 Å². The van der Waals surface area contributed by atoms with Crippen molar-refractivity contribution in [3.8, 4) is 0 Å². The summed E-state index contributed by atoms with van der Waals surface area (Å²) in [5.41, 5.74) is 0.832. The fourth-order valence-corrected chi connectivity index (χ4v) is 1.94. The second kappa shape index (κ2) is 5.21. The number of hydrogen-bond acceptors (Lipinski definition) is 1. The predicted octanol–water partition coefficient (Wildman–Crippen LogP) is 3.18. The number of nitrogens with zero attached hydrogens (tertiary/aromatic N) is 1. The lowest BCUT2D eigenvalue weighted by Gasteiger charge is -2.15. The maximum atomic E-state index is 13.5. The van der Waals surface area contributed by atoms with E-state index in [-0.39, 0.29) is 11.7 Å². The van der Waals surface area contributed by atoms with E-state index in [9.17, 15) is 9.18 Å². The van der Waals surface area contributed by atoms with Gasteiger partial charge in [-0.1, -0.05) is 25.5 Å². The van der Waals surface area contributed by atoms with Gasteiger partial charge < -0.3 is 9.88 Å². The number of carbonyl (C=O) groups excluding carboxylic acids is 1. The molecule has 0 unspecified atom stereocenters. The van der Waals surface area contributed by atoms with Crippen LogP contribution in [-0.4, -0.2) is 29.4 Å². The van der Waals surface area contributed by atoms with Gasteiger partial charge in [0.2, 0.25) is 0 Å². The molecule has 96 valence electrons.